The second kappa shape index (κ2) is 18.0. The molecule has 0 aromatic heterocycles. The molecule has 0 radical (unpaired) electrons. The molecular weight excluding hydrogens is 623 g/mol. The fourth-order valence-corrected chi connectivity index (χ4v) is 7.24. The number of benzene rings is 4. The number of amides is 1. The second-order valence-electron chi connectivity index (χ2n) is 12.7. The van der Waals surface area contributed by atoms with E-state index in [0.717, 1.165) is 68.7 Å². The Morgan fingerprint density at radius 2 is 1.46 bits per heavy atom. The lowest BCUT2D eigenvalue weighted by Gasteiger charge is -2.37. The molecule has 1 aliphatic heterocycles. The van der Waals surface area contributed by atoms with Crippen molar-refractivity contribution in [3.8, 4) is 11.5 Å². The summed E-state index contributed by atoms with van der Waals surface area (Å²) in [5.74, 6) is 1.37. The second-order valence-corrected chi connectivity index (χ2v) is 12.7. The summed E-state index contributed by atoms with van der Waals surface area (Å²) in [5, 5.41) is 3.14. The third-order valence-electron chi connectivity index (χ3n) is 9.92. The highest BCUT2D eigenvalue weighted by molar-refractivity contribution is 5.85. The average Bonchev–Trinajstić information content (AvgIpc) is 3.11. The molecule has 1 amide bonds. The molecule has 5 rings (SSSR count). The highest BCUT2D eigenvalue weighted by Crippen LogP contribution is 2.42. The maximum atomic E-state index is 13.2. The molecule has 0 aliphatic carbocycles. The number of nitrogens with zero attached hydrogens (tertiary/aromatic N) is 1. The van der Waals surface area contributed by atoms with Crippen LogP contribution in [0.2, 0.25) is 0 Å². The van der Waals surface area contributed by atoms with E-state index in [1.807, 2.05) is 0 Å². The molecule has 1 N–H and O–H groups in total. The van der Waals surface area contributed by atoms with E-state index in [4.69, 9.17) is 9.47 Å². The van der Waals surface area contributed by atoms with E-state index >= 15 is 0 Å². The standard InChI is InChI=1S/C41H49FN2O3.ClH/c1-31-37-30-39(47-3)38(46-2)29-33(37)23-28-44(31)27-11-10-24-41(34-13-6-4-7-14-34,35-15-8-5-9-16-35)25-12-26-43-40(45)22-19-32-17-20-36(42)21-18-32;/h4-9,13-18,20-21,29-31H,10-12,19,22-28H2,1-3H3,(H,43,45);1H. The molecule has 48 heavy (non-hydrogen) atoms. The number of methoxy groups -OCH3 is 2. The monoisotopic (exact) mass is 672 g/mol. The molecule has 0 saturated heterocycles. The summed E-state index contributed by atoms with van der Waals surface area (Å²) in [6.07, 6.45) is 7.05. The van der Waals surface area contributed by atoms with Crippen molar-refractivity contribution in [1.29, 1.82) is 0 Å². The summed E-state index contributed by atoms with van der Waals surface area (Å²) in [6, 6.07) is 32.8. The van der Waals surface area contributed by atoms with Gasteiger partial charge in [-0.1, -0.05) is 79.2 Å². The van der Waals surface area contributed by atoms with Crippen LogP contribution >= 0.6 is 12.4 Å². The number of nitrogens with one attached hydrogen (secondary N) is 1. The van der Waals surface area contributed by atoms with E-state index in [1.54, 1.807) is 26.4 Å². The lowest BCUT2D eigenvalue weighted by molar-refractivity contribution is -0.121. The van der Waals surface area contributed by atoms with Crippen molar-refractivity contribution in [3.05, 3.63) is 131 Å². The Balaban J connectivity index is 0.00000520. The number of unbranched alkanes of at least 4 members (excludes halogenated alkanes) is 1. The first-order chi connectivity index (χ1) is 22.9. The molecular formula is C41H50ClFN2O3. The normalized spacial score (nSPS) is 14.5. The predicted octanol–water partition coefficient (Wildman–Crippen LogP) is 8.87. The van der Waals surface area contributed by atoms with E-state index in [9.17, 15) is 9.18 Å². The van der Waals surface area contributed by atoms with Crippen LogP contribution in [0.1, 0.15) is 79.3 Å². The van der Waals surface area contributed by atoms with E-state index < -0.39 is 0 Å². The Kier molecular flexibility index (Phi) is 13.9. The van der Waals surface area contributed by atoms with Gasteiger partial charge in [-0.25, -0.2) is 4.39 Å². The molecule has 256 valence electrons. The summed E-state index contributed by atoms with van der Waals surface area (Å²) in [6.45, 7) is 5.00. The number of fused-ring (bicyclic) bond motifs is 1. The topological polar surface area (TPSA) is 50.8 Å². The van der Waals surface area contributed by atoms with Gasteiger partial charge in [0, 0.05) is 31.0 Å². The molecule has 4 aromatic rings. The highest BCUT2D eigenvalue weighted by atomic mass is 35.5. The van der Waals surface area contributed by atoms with Crippen LogP contribution in [0, 0.1) is 5.82 Å². The molecule has 1 aliphatic rings. The first kappa shape index (κ1) is 37.0. The SMILES string of the molecule is COc1cc2c(cc1OC)C(C)N(CCCCC(CCCNC(=O)CCc1ccc(F)cc1)(c1ccccc1)c1ccccc1)CC2.Cl. The number of carbonyl (C=O) groups excluding carboxylic acids is 1. The maximum absolute atomic E-state index is 13.2. The minimum Gasteiger partial charge on any atom is -0.493 e. The first-order valence-electron chi connectivity index (χ1n) is 17.0. The quantitative estimate of drug-likeness (QED) is 0.121. The van der Waals surface area contributed by atoms with Gasteiger partial charge in [0.15, 0.2) is 11.5 Å². The Labute approximate surface area is 292 Å². The predicted molar refractivity (Wildman–Crippen MR) is 195 cm³/mol. The van der Waals surface area contributed by atoms with Crippen LogP contribution in [0.4, 0.5) is 4.39 Å². The Bertz CT molecular complexity index is 1530. The molecule has 1 atom stereocenters. The molecule has 5 nitrogen and oxygen atoms in total. The maximum Gasteiger partial charge on any atom is 0.220 e. The van der Waals surface area contributed by atoms with Gasteiger partial charge in [0.1, 0.15) is 5.82 Å². The van der Waals surface area contributed by atoms with Crippen LogP contribution in [0.15, 0.2) is 97.1 Å². The number of ether oxygens (including phenoxy) is 2. The zero-order valence-electron chi connectivity index (χ0n) is 28.6. The third-order valence-corrected chi connectivity index (χ3v) is 9.92. The Hall–Kier alpha value is -3.87. The smallest absolute Gasteiger partial charge is 0.220 e. The summed E-state index contributed by atoms with van der Waals surface area (Å²) >= 11 is 0. The van der Waals surface area contributed by atoms with Crippen molar-refractivity contribution in [2.45, 2.75) is 69.7 Å². The van der Waals surface area contributed by atoms with Crippen molar-refractivity contribution in [2.24, 2.45) is 0 Å². The molecule has 0 saturated carbocycles. The minimum absolute atomic E-state index is 0. The van der Waals surface area contributed by atoms with E-state index in [2.05, 4.69) is 89.9 Å². The number of carbonyl (C=O) groups is 1. The first-order valence-corrected chi connectivity index (χ1v) is 17.0. The zero-order valence-corrected chi connectivity index (χ0v) is 29.4. The average molecular weight is 673 g/mol. The number of halogens is 2. The van der Waals surface area contributed by atoms with Gasteiger partial charge >= 0.3 is 0 Å². The fourth-order valence-electron chi connectivity index (χ4n) is 7.24. The van der Waals surface area contributed by atoms with Crippen molar-refractivity contribution in [3.63, 3.8) is 0 Å². The van der Waals surface area contributed by atoms with Gasteiger partial charge in [0.25, 0.3) is 0 Å². The van der Waals surface area contributed by atoms with Crippen molar-refractivity contribution in [1.82, 2.24) is 10.2 Å². The van der Waals surface area contributed by atoms with Gasteiger partial charge in [-0.05, 0) is 104 Å². The third kappa shape index (κ3) is 9.18. The van der Waals surface area contributed by atoms with E-state index in [-0.39, 0.29) is 29.5 Å². The van der Waals surface area contributed by atoms with E-state index in [0.29, 0.717) is 25.4 Å². The molecule has 1 heterocycles. The molecule has 1 unspecified atom stereocenters. The van der Waals surface area contributed by atoms with Crippen LogP contribution in [0.3, 0.4) is 0 Å². The van der Waals surface area contributed by atoms with Crippen LogP contribution in [0.5, 0.6) is 11.5 Å². The summed E-state index contributed by atoms with van der Waals surface area (Å²) < 4.78 is 24.4. The van der Waals surface area contributed by atoms with Gasteiger partial charge in [-0.2, -0.15) is 0 Å². The number of hydrogen-bond donors (Lipinski definition) is 1. The van der Waals surface area contributed by atoms with Crippen molar-refractivity contribution >= 4 is 18.3 Å². The molecule has 0 fully saturated rings. The number of rotatable bonds is 16. The number of aryl methyl sites for hydroxylation is 1. The highest BCUT2D eigenvalue weighted by Gasteiger charge is 2.33. The largest absolute Gasteiger partial charge is 0.493 e. The summed E-state index contributed by atoms with van der Waals surface area (Å²) in [7, 11) is 3.40. The van der Waals surface area contributed by atoms with Gasteiger partial charge < -0.3 is 14.8 Å². The summed E-state index contributed by atoms with van der Waals surface area (Å²) in [5.41, 5.74) is 6.16. The minimum atomic E-state index is -0.257. The Morgan fingerprint density at radius 3 is 2.08 bits per heavy atom. The van der Waals surface area contributed by atoms with Crippen molar-refractivity contribution in [2.75, 3.05) is 33.9 Å². The fraction of sp³-hybridized carbons (Fsp3) is 0.390. The van der Waals surface area contributed by atoms with Crippen molar-refractivity contribution < 1.29 is 18.7 Å². The number of hydrogen-bond acceptors (Lipinski definition) is 4. The van der Waals surface area contributed by atoms with Crippen LogP contribution in [-0.2, 0) is 23.1 Å². The van der Waals surface area contributed by atoms with Crippen LogP contribution < -0.4 is 14.8 Å². The van der Waals surface area contributed by atoms with Gasteiger partial charge in [-0.15, -0.1) is 12.4 Å². The molecule has 4 aromatic carbocycles. The lowest BCUT2D eigenvalue weighted by atomic mass is 9.68. The van der Waals surface area contributed by atoms with Gasteiger partial charge in [0.05, 0.1) is 14.2 Å². The Morgan fingerprint density at radius 1 is 0.854 bits per heavy atom. The zero-order chi connectivity index (χ0) is 33.1. The van der Waals surface area contributed by atoms with Gasteiger partial charge in [-0.3, -0.25) is 9.69 Å². The molecule has 0 spiro atoms. The molecule has 7 heteroatoms. The van der Waals surface area contributed by atoms with Gasteiger partial charge in [0.2, 0.25) is 5.91 Å². The summed E-state index contributed by atoms with van der Waals surface area (Å²) in [4.78, 5) is 15.3. The van der Waals surface area contributed by atoms with Crippen LogP contribution in [-0.4, -0.2) is 44.7 Å². The van der Waals surface area contributed by atoms with E-state index in [1.165, 1.54) is 34.4 Å². The lowest BCUT2D eigenvalue weighted by Crippen LogP contribution is -2.35. The van der Waals surface area contributed by atoms with Crippen LogP contribution in [0.25, 0.3) is 0 Å². The molecule has 0 bridgehead atoms.